The number of fused-ring (bicyclic) bond motifs is 1. The van der Waals surface area contributed by atoms with Crippen molar-refractivity contribution in [2.75, 3.05) is 13.7 Å². The number of benzene rings is 1. The van der Waals surface area contributed by atoms with Gasteiger partial charge in [0.05, 0.1) is 19.9 Å². The van der Waals surface area contributed by atoms with Crippen LogP contribution in [0, 0.1) is 0 Å². The van der Waals surface area contributed by atoms with E-state index in [1.165, 1.54) is 0 Å². The SMILES string of the molecule is COc1cncc(CCC(=O)NCC2(O)CCc3ccccc32)c1. The van der Waals surface area contributed by atoms with Gasteiger partial charge in [-0.3, -0.25) is 9.78 Å². The van der Waals surface area contributed by atoms with E-state index in [1.807, 2.05) is 30.3 Å². The third-order valence-corrected chi connectivity index (χ3v) is 4.55. The maximum absolute atomic E-state index is 12.1. The van der Waals surface area contributed by atoms with Crippen LogP contribution in [0.15, 0.2) is 42.7 Å². The number of carbonyl (C=O) groups is 1. The van der Waals surface area contributed by atoms with Gasteiger partial charge in [-0.05, 0) is 42.0 Å². The van der Waals surface area contributed by atoms with Gasteiger partial charge < -0.3 is 15.2 Å². The molecular weight excluding hydrogens is 304 g/mol. The number of aromatic nitrogens is 1. The monoisotopic (exact) mass is 326 g/mol. The first-order valence-corrected chi connectivity index (χ1v) is 8.16. The van der Waals surface area contributed by atoms with Gasteiger partial charge in [0.2, 0.25) is 5.91 Å². The number of nitrogens with one attached hydrogen (secondary N) is 1. The summed E-state index contributed by atoms with van der Waals surface area (Å²) in [6.07, 6.45) is 5.80. The van der Waals surface area contributed by atoms with E-state index >= 15 is 0 Å². The molecule has 5 heteroatoms. The number of nitrogens with zero attached hydrogens (tertiary/aromatic N) is 1. The molecule has 0 fully saturated rings. The summed E-state index contributed by atoms with van der Waals surface area (Å²) >= 11 is 0. The fourth-order valence-electron chi connectivity index (χ4n) is 3.16. The van der Waals surface area contributed by atoms with Crippen LogP contribution in [-0.4, -0.2) is 29.7 Å². The molecule has 0 aliphatic heterocycles. The van der Waals surface area contributed by atoms with Crippen LogP contribution in [0.4, 0.5) is 0 Å². The second kappa shape index (κ2) is 7.01. The first-order chi connectivity index (χ1) is 11.6. The molecule has 126 valence electrons. The van der Waals surface area contributed by atoms with E-state index in [2.05, 4.69) is 10.3 Å². The van der Waals surface area contributed by atoms with Gasteiger partial charge >= 0.3 is 0 Å². The van der Waals surface area contributed by atoms with E-state index < -0.39 is 5.60 Å². The first-order valence-electron chi connectivity index (χ1n) is 8.16. The number of amides is 1. The standard InChI is InChI=1S/C19H22N2O3/c1-24-16-10-14(11-20-12-16)6-7-18(22)21-13-19(23)9-8-15-4-2-3-5-17(15)19/h2-5,10-12,23H,6-9,13H2,1H3,(H,21,22). The van der Waals surface area contributed by atoms with Crippen molar-refractivity contribution in [2.45, 2.75) is 31.3 Å². The van der Waals surface area contributed by atoms with Gasteiger partial charge in [-0.1, -0.05) is 24.3 Å². The highest BCUT2D eigenvalue weighted by molar-refractivity contribution is 5.76. The Morgan fingerprint density at radius 1 is 1.38 bits per heavy atom. The lowest BCUT2D eigenvalue weighted by atomic mass is 9.96. The van der Waals surface area contributed by atoms with Crippen LogP contribution in [0.2, 0.25) is 0 Å². The number of rotatable bonds is 6. The maximum atomic E-state index is 12.1. The Labute approximate surface area is 141 Å². The van der Waals surface area contributed by atoms with Crippen LogP contribution in [0.3, 0.4) is 0 Å². The minimum atomic E-state index is -0.955. The van der Waals surface area contributed by atoms with Gasteiger partial charge in [0.15, 0.2) is 0 Å². The minimum absolute atomic E-state index is 0.0735. The van der Waals surface area contributed by atoms with Gasteiger partial charge in [0, 0.05) is 12.6 Å². The van der Waals surface area contributed by atoms with E-state index in [0.29, 0.717) is 25.0 Å². The average molecular weight is 326 g/mol. The number of hydrogen-bond donors (Lipinski definition) is 2. The summed E-state index contributed by atoms with van der Waals surface area (Å²) in [6, 6.07) is 9.75. The summed E-state index contributed by atoms with van der Waals surface area (Å²) in [6.45, 7) is 0.249. The highest BCUT2D eigenvalue weighted by Crippen LogP contribution is 2.36. The first kappa shape index (κ1) is 16.5. The summed E-state index contributed by atoms with van der Waals surface area (Å²) in [5, 5.41) is 13.7. The molecule has 1 amide bonds. The average Bonchev–Trinajstić information content (AvgIpc) is 2.96. The molecule has 2 N–H and O–H groups in total. The predicted octanol–water partition coefficient (Wildman–Crippen LogP) is 1.97. The third-order valence-electron chi connectivity index (χ3n) is 4.55. The fourth-order valence-corrected chi connectivity index (χ4v) is 3.16. The summed E-state index contributed by atoms with van der Waals surface area (Å²) in [7, 11) is 1.59. The molecule has 1 atom stereocenters. The van der Waals surface area contributed by atoms with Crippen molar-refractivity contribution in [1.29, 1.82) is 0 Å². The lowest BCUT2D eigenvalue weighted by Gasteiger charge is -2.24. The smallest absolute Gasteiger partial charge is 0.220 e. The molecule has 1 aromatic carbocycles. The highest BCUT2D eigenvalue weighted by Gasteiger charge is 2.36. The highest BCUT2D eigenvalue weighted by atomic mass is 16.5. The molecule has 2 aromatic rings. The zero-order valence-corrected chi connectivity index (χ0v) is 13.8. The van der Waals surface area contributed by atoms with E-state index in [1.54, 1.807) is 19.5 Å². The van der Waals surface area contributed by atoms with Crippen LogP contribution in [0.25, 0.3) is 0 Å². The Kier molecular flexibility index (Phi) is 4.81. The van der Waals surface area contributed by atoms with Gasteiger partial charge in [-0.2, -0.15) is 0 Å². The molecule has 1 aliphatic carbocycles. The van der Waals surface area contributed by atoms with Crippen molar-refractivity contribution in [3.8, 4) is 5.75 Å². The van der Waals surface area contributed by atoms with Crippen molar-refractivity contribution >= 4 is 5.91 Å². The number of ether oxygens (including phenoxy) is 1. The molecule has 1 aliphatic rings. The van der Waals surface area contributed by atoms with Crippen molar-refractivity contribution < 1.29 is 14.6 Å². The van der Waals surface area contributed by atoms with Gasteiger partial charge in [0.1, 0.15) is 11.4 Å². The lowest BCUT2D eigenvalue weighted by Crippen LogP contribution is -2.39. The molecule has 1 heterocycles. The molecule has 0 radical (unpaired) electrons. The quantitative estimate of drug-likeness (QED) is 0.851. The molecule has 0 bridgehead atoms. The van der Waals surface area contributed by atoms with Gasteiger partial charge in [-0.25, -0.2) is 0 Å². The van der Waals surface area contributed by atoms with E-state index in [-0.39, 0.29) is 12.5 Å². The second-order valence-corrected chi connectivity index (χ2v) is 6.20. The zero-order chi connectivity index (χ0) is 17.0. The summed E-state index contributed by atoms with van der Waals surface area (Å²) < 4.78 is 5.13. The van der Waals surface area contributed by atoms with Crippen molar-refractivity contribution in [3.05, 3.63) is 59.4 Å². The van der Waals surface area contributed by atoms with Gasteiger partial charge in [0.25, 0.3) is 0 Å². The maximum Gasteiger partial charge on any atom is 0.220 e. The van der Waals surface area contributed by atoms with E-state index in [4.69, 9.17) is 4.74 Å². The number of methoxy groups -OCH3 is 1. The lowest BCUT2D eigenvalue weighted by molar-refractivity contribution is -0.122. The van der Waals surface area contributed by atoms with Crippen LogP contribution >= 0.6 is 0 Å². The largest absolute Gasteiger partial charge is 0.495 e. The molecule has 3 rings (SSSR count). The number of aryl methyl sites for hydroxylation is 2. The molecule has 24 heavy (non-hydrogen) atoms. The molecule has 1 unspecified atom stereocenters. The zero-order valence-electron chi connectivity index (χ0n) is 13.8. The number of carbonyl (C=O) groups excluding carboxylic acids is 1. The number of pyridine rings is 1. The van der Waals surface area contributed by atoms with E-state index in [9.17, 15) is 9.90 Å². The summed E-state index contributed by atoms with van der Waals surface area (Å²) in [5.41, 5.74) is 2.09. The van der Waals surface area contributed by atoms with Crippen molar-refractivity contribution in [1.82, 2.24) is 10.3 Å². The van der Waals surface area contributed by atoms with Crippen molar-refractivity contribution in [2.24, 2.45) is 0 Å². The molecule has 0 spiro atoms. The number of hydrogen-bond acceptors (Lipinski definition) is 4. The summed E-state index contributed by atoms with van der Waals surface area (Å²) in [5.74, 6) is 0.611. The molecule has 0 saturated carbocycles. The van der Waals surface area contributed by atoms with Crippen LogP contribution in [0.5, 0.6) is 5.75 Å². The van der Waals surface area contributed by atoms with Crippen LogP contribution in [-0.2, 0) is 23.2 Å². The Balaban J connectivity index is 1.53. The minimum Gasteiger partial charge on any atom is -0.495 e. The Bertz CT molecular complexity index is 732. The van der Waals surface area contributed by atoms with Crippen LogP contribution < -0.4 is 10.1 Å². The molecule has 5 nitrogen and oxygen atoms in total. The van der Waals surface area contributed by atoms with E-state index in [0.717, 1.165) is 23.1 Å². The Morgan fingerprint density at radius 2 is 2.21 bits per heavy atom. The topological polar surface area (TPSA) is 71.5 Å². The third kappa shape index (κ3) is 3.57. The van der Waals surface area contributed by atoms with Crippen LogP contribution in [0.1, 0.15) is 29.5 Å². The normalized spacial score (nSPS) is 18.9. The fraction of sp³-hybridized carbons (Fsp3) is 0.368. The molecular formula is C19H22N2O3. The Morgan fingerprint density at radius 3 is 3.04 bits per heavy atom. The predicted molar refractivity (Wildman–Crippen MR) is 90.8 cm³/mol. The second-order valence-electron chi connectivity index (χ2n) is 6.20. The molecule has 1 aromatic heterocycles. The van der Waals surface area contributed by atoms with Gasteiger partial charge in [-0.15, -0.1) is 0 Å². The van der Waals surface area contributed by atoms with Crippen molar-refractivity contribution in [3.63, 3.8) is 0 Å². The molecule has 0 saturated heterocycles. The number of aliphatic hydroxyl groups is 1. The Hall–Kier alpha value is -2.40. The summed E-state index contributed by atoms with van der Waals surface area (Å²) in [4.78, 5) is 16.2.